The zero-order valence-electron chi connectivity index (χ0n) is 15.8. The molecular weight excluding hydrogens is 388 g/mol. The summed E-state index contributed by atoms with van der Waals surface area (Å²) in [6.45, 7) is 1.99. The highest BCUT2D eigenvalue weighted by Crippen LogP contribution is 2.17. The molecule has 0 saturated carbocycles. The van der Waals surface area contributed by atoms with E-state index in [1.165, 1.54) is 24.3 Å². The second-order valence-corrected chi connectivity index (χ2v) is 7.02. The van der Waals surface area contributed by atoms with Crippen LogP contribution in [0.3, 0.4) is 0 Å². The van der Waals surface area contributed by atoms with Crippen LogP contribution in [-0.4, -0.2) is 23.0 Å². The first-order valence-electron chi connectivity index (χ1n) is 8.95. The van der Waals surface area contributed by atoms with E-state index in [1.807, 2.05) is 30.3 Å². The van der Waals surface area contributed by atoms with Crippen molar-refractivity contribution in [3.63, 3.8) is 0 Å². The first-order chi connectivity index (χ1) is 14.1. The fourth-order valence-corrected chi connectivity index (χ4v) is 2.86. The van der Waals surface area contributed by atoms with E-state index < -0.39 is 18.0 Å². The number of carbonyl (C=O) groups is 2. The SMILES string of the molecule is CC(OC(=O)/C=C/c1cncs1)C(=O)Nc1ccc(OCc2ccccc2)cc1. The molecule has 6 nitrogen and oxygen atoms in total. The monoisotopic (exact) mass is 408 g/mol. The summed E-state index contributed by atoms with van der Waals surface area (Å²) in [4.78, 5) is 28.8. The second-order valence-electron chi connectivity index (χ2n) is 6.10. The van der Waals surface area contributed by atoms with Crippen LogP contribution in [0.25, 0.3) is 6.08 Å². The van der Waals surface area contributed by atoms with Crippen molar-refractivity contribution in [3.05, 3.63) is 82.8 Å². The largest absolute Gasteiger partial charge is 0.489 e. The number of hydrogen-bond donors (Lipinski definition) is 1. The Bertz CT molecular complexity index is 954. The molecule has 0 fully saturated rings. The highest BCUT2D eigenvalue weighted by atomic mass is 32.1. The molecule has 7 heteroatoms. The molecule has 0 aliphatic heterocycles. The van der Waals surface area contributed by atoms with Crippen molar-refractivity contribution >= 4 is 35.0 Å². The Hall–Kier alpha value is -3.45. The van der Waals surface area contributed by atoms with E-state index in [1.54, 1.807) is 42.0 Å². The molecule has 1 unspecified atom stereocenters. The van der Waals surface area contributed by atoms with Gasteiger partial charge in [-0.3, -0.25) is 9.78 Å². The van der Waals surface area contributed by atoms with Gasteiger partial charge in [0.1, 0.15) is 12.4 Å². The average Bonchev–Trinajstić information content (AvgIpc) is 3.26. The number of nitrogens with zero attached hydrogens (tertiary/aromatic N) is 1. The molecule has 0 radical (unpaired) electrons. The van der Waals surface area contributed by atoms with E-state index >= 15 is 0 Å². The first-order valence-corrected chi connectivity index (χ1v) is 9.83. The molecule has 1 aromatic heterocycles. The standard InChI is InChI=1S/C22H20N2O4S/c1-16(28-21(25)12-11-20-13-23-15-29-20)22(26)24-18-7-9-19(10-8-18)27-14-17-5-3-2-4-6-17/h2-13,15-16H,14H2,1H3,(H,24,26)/b12-11+. The zero-order chi connectivity index (χ0) is 20.5. The predicted octanol–water partition coefficient (Wildman–Crippen LogP) is 4.31. The van der Waals surface area contributed by atoms with Gasteiger partial charge in [0, 0.05) is 22.8 Å². The van der Waals surface area contributed by atoms with Crippen molar-refractivity contribution < 1.29 is 19.1 Å². The van der Waals surface area contributed by atoms with Gasteiger partial charge in [0.2, 0.25) is 0 Å². The normalized spacial score (nSPS) is 11.8. The molecule has 3 rings (SSSR count). The van der Waals surface area contributed by atoms with Crippen molar-refractivity contribution in [1.29, 1.82) is 0 Å². The minimum Gasteiger partial charge on any atom is -0.489 e. The van der Waals surface area contributed by atoms with Gasteiger partial charge in [0.15, 0.2) is 6.10 Å². The maximum absolute atomic E-state index is 12.2. The molecule has 0 saturated heterocycles. The maximum atomic E-state index is 12.2. The van der Waals surface area contributed by atoms with Crippen LogP contribution in [0.4, 0.5) is 5.69 Å². The van der Waals surface area contributed by atoms with Gasteiger partial charge in [-0.2, -0.15) is 0 Å². The number of rotatable bonds is 8. The number of hydrogen-bond acceptors (Lipinski definition) is 6. The molecule has 0 aliphatic rings. The van der Waals surface area contributed by atoms with Crippen LogP contribution in [0.2, 0.25) is 0 Å². The minimum absolute atomic E-state index is 0.414. The van der Waals surface area contributed by atoms with E-state index in [0.29, 0.717) is 18.0 Å². The Balaban J connectivity index is 1.46. The average molecular weight is 408 g/mol. The summed E-state index contributed by atoms with van der Waals surface area (Å²) in [5.41, 5.74) is 3.33. The number of carbonyl (C=O) groups excluding carboxylic acids is 2. The fourth-order valence-electron chi connectivity index (χ4n) is 2.34. The van der Waals surface area contributed by atoms with Gasteiger partial charge in [-0.25, -0.2) is 4.79 Å². The lowest BCUT2D eigenvalue weighted by molar-refractivity contribution is -0.148. The molecule has 0 bridgehead atoms. The minimum atomic E-state index is -0.928. The molecule has 3 aromatic rings. The van der Waals surface area contributed by atoms with Gasteiger partial charge in [-0.1, -0.05) is 30.3 Å². The number of thiazole rings is 1. The summed E-state index contributed by atoms with van der Waals surface area (Å²) in [6.07, 6.45) is 3.58. The molecular formula is C22H20N2O4S. The topological polar surface area (TPSA) is 77.5 Å². The Kier molecular flexibility index (Phi) is 7.13. The Morgan fingerprint density at radius 1 is 1.14 bits per heavy atom. The molecule has 148 valence electrons. The lowest BCUT2D eigenvalue weighted by Crippen LogP contribution is -2.29. The zero-order valence-corrected chi connectivity index (χ0v) is 16.6. The summed E-state index contributed by atoms with van der Waals surface area (Å²) in [6, 6.07) is 16.9. The van der Waals surface area contributed by atoms with Crippen molar-refractivity contribution in [2.45, 2.75) is 19.6 Å². The van der Waals surface area contributed by atoms with Crippen molar-refractivity contribution in [1.82, 2.24) is 4.98 Å². The highest BCUT2D eigenvalue weighted by molar-refractivity contribution is 7.10. The number of benzene rings is 2. The number of anilines is 1. The molecule has 2 aromatic carbocycles. The third-order valence-electron chi connectivity index (χ3n) is 3.87. The van der Waals surface area contributed by atoms with Crippen LogP contribution in [-0.2, 0) is 20.9 Å². The number of ether oxygens (including phenoxy) is 2. The Morgan fingerprint density at radius 2 is 1.90 bits per heavy atom. The van der Waals surface area contributed by atoms with Crippen molar-refractivity contribution in [2.75, 3.05) is 5.32 Å². The molecule has 1 amide bonds. The lowest BCUT2D eigenvalue weighted by Gasteiger charge is -2.13. The number of aromatic nitrogens is 1. The van der Waals surface area contributed by atoms with E-state index in [4.69, 9.17) is 9.47 Å². The highest BCUT2D eigenvalue weighted by Gasteiger charge is 2.16. The summed E-state index contributed by atoms with van der Waals surface area (Å²) >= 11 is 1.40. The quantitative estimate of drug-likeness (QED) is 0.444. The van der Waals surface area contributed by atoms with Crippen molar-refractivity contribution in [2.24, 2.45) is 0 Å². The molecule has 1 N–H and O–H groups in total. The van der Waals surface area contributed by atoms with Crippen LogP contribution in [0, 0.1) is 0 Å². The Morgan fingerprint density at radius 3 is 2.59 bits per heavy atom. The second kappa shape index (κ2) is 10.2. The van der Waals surface area contributed by atoms with E-state index in [2.05, 4.69) is 10.3 Å². The van der Waals surface area contributed by atoms with E-state index in [0.717, 1.165) is 10.4 Å². The summed E-state index contributed by atoms with van der Waals surface area (Å²) in [7, 11) is 0. The van der Waals surface area contributed by atoms with Crippen molar-refractivity contribution in [3.8, 4) is 5.75 Å². The van der Waals surface area contributed by atoms with Crippen LogP contribution >= 0.6 is 11.3 Å². The van der Waals surface area contributed by atoms with Gasteiger partial charge in [-0.05, 0) is 42.8 Å². The smallest absolute Gasteiger partial charge is 0.331 e. The maximum Gasteiger partial charge on any atom is 0.331 e. The summed E-state index contributed by atoms with van der Waals surface area (Å²) in [5.74, 6) is -0.312. The van der Waals surface area contributed by atoms with Crippen LogP contribution < -0.4 is 10.1 Å². The van der Waals surface area contributed by atoms with E-state index in [9.17, 15) is 9.59 Å². The number of nitrogens with one attached hydrogen (secondary N) is 1. The third kappa shape index (κ3) is 6.58. The van der Waals surface area contributed by atoms with Gasteiger partial charge >= 0.3 is 5.97 Å². The first kappa shape index (κ1) is 20.3. The predicted molar refractivity (Wildman–Crippen MR) is 113 cm³/mol. The number of esters is 1. The molecule has 1 heterocycles. The molecule has 1 atom stereocenters. The van der Waals surface area contributed by atoms with Crippen LogP contribution in [0.1, 0.15) is 17.4 Å². The fraction of sp³-hybridized carbons (Fsp3) is 0.136. The Labute approximate surface area is 172 Å². The van der Waals surface area contributed by atoms with Gasteiger partial charge in [-0.15, -0.1) is 11.3 Å². The number of amides is 1. The summed E-state index contributed by atoms with van der Waals surface area (Å²) < 4.78 is 10.8. The van der Waals surface area contributed by atoms with Crippen LogP contribution in [0.15, 0.2) is 72.4 Å². The van der Waals surface area contributed by atoms with Crippen LogP contribution in [0.5, 0.6) is 5.75 Å². The molecule has 0 aliphatic carbocycles. The van der Waals surface area contributed by atoms with Gasteiger partial charge < -0.3 is 14.8 Å². The third-order valence-corrected chi connectivity index (χ3v) is 4.61. The summed E-state index contributed by atoms with van der Waals surface area (Å²) in [5, 5.41) is 2.71. The lowest BCUT2D eigenvalue weighted by atomic mass is 10.2. The van der Waals surface area contributed by atoms with Gasteiger partial charge in [0.05, 0.1) is 5.51 Å². The molecule has 29 heavy (non-hydrogen) atoms. The molecule has 0 spiro atoms. The van der Waals surface area contributed by atoms with E-state index in [-0.39, 0.29) is 0 Å². The van der Waals surface area contributed by atoms with Gasteiger partial charge in [0.25, 0.3) is 5.91 Å².